The number of Topliss-reactive ketones (excluding diaryl/α,β-unsaturated/α-hetero) is 1. The van der Waals surface area contributed by atoms with Gasteiger partial charge >= 0.3 is 0 Å². The minimum atomic E-state index is -0.924. The van der Waals surface area contributed by atoms with Crippen LogP contribution in [0.4, 0.5) is 4.39 Å². The first-order valence-electron chi connectivity index (χ1n) is 9.38. The molecule has 2 aromatic carbocycles. The predicted molar refractivity (Wildman–Crippen MR) is 105 cm³/mol. The number of carbonyl (C=O) groups is 2. The summed E-state index contributed by atoms with van der Waals surface area (Å²) >= 11 is 6.38. The van der Waals surface area contributed by atoms with Crippen molar-refractivity contribution in [2.45, 2.75) is 43.2 Å². The van der Waals surface area contributed by atoms with E-state index in [9.17, 15) is 14.0 Å². The van der Waals surface area contributed by atoms with Gasteiger partial charge in [0.2, 0.25) is 5.91 Å². The molecule has 4 rings (SSSR count). The molecule has 4 nitrogen and oxygen atoms in total. The summed E-state index contributed by atoms with van der Waals surface area (Å²) in [4.78, 5) is 26.1. The maximum absolute atomic E-state index is 13.3. The molecule has 146 valence electrons. The van der Waals surface area contributed by atoms with Crippen LogP contribution in [0.15, 0.2) is 42.5 Å². The lowest BCUT2D eigenvalue weighted by atomic mass is 9.76. The highest BCUT2D eigenvalue weighted by molar-refractivity contribution is 6.33. The highest BCUT2D eigenvalue weighted by Crippen LogP contribution is 2.42. The van der Waals surface area contributed by atoms with Crippen LogP contribution in [0.1, 0.15) is 37.2 Å². The van der Waals surface area contributed by atoms with Crippen molar-refractivity contribution >= 4 is 23.3 Å². The molecule has 0 bridgehead atoms. The van der Waals surface area contributed by atoms with Gasteiger partial charge in [-0.15, -0.1) is 0 Å². The smallest absolute Gasteiger partial charge is 0.236 e. The lowest BCUT2D eigenvalue weighted by Gasteiger charge is -2.35. The lowest BCUT2D eigenvalue weighted by molar-refractivity contribution is -0.126. The number of carbonyl (C=O) groups excluding carboxylic acids is 2. The zero-order valence-corrected chi connectivity index (χ0v) is 16.3. The number of amides is 1. The second kappa shape index (κ2) is 7.30. The van der Waals surface area contributed by atoms with Gasteiger partial charge in [0.05, 0.1) is 11.6 Å². The van der Waals surface area contributed by atoms with Crippen molar-refractivity contribution in [3.63, 3.8) is 0 Å². The molecule has 0 radical (unpaired) electrons. The van der Waals surface area contributed by atoms with Gasteiger partial charge in [-0.2, -0.15) is 0 Å². The molecule has 1 N–H and O–H groups in total. The normalized spacial score (nSPS) is 27.2. The van der Waals surface area contributed by atoms with Gasteiger partial charge in [-0.1, -0.05) is 29.8 Å². The van der Waals surface area contributed by atoms with Gasteiger partial charge in [0.1, 0.15) is 11.7 Å². The summed E-state index contributed by atoms with van der Waals surface area (Å²) in [5.41, 5.74) is 1.24. The molecule has 0 unspecified atom stereocenters. The van der Waals surface area contributed by atoms with Crippen LogP contribution >= 0.6 is 11.6 Å². The predicted octanol–water partition coefficient (Wildman–Crippen LogP) is 4.26. The summed E-state index contributed by atoms with van der Waals surface area (Å²) in [7, 11) is 1.67. The number of methoxy groups -OCH3 is 1. The molecule has 1 atom stereocenters. The quantitative estimate of drug-likeness (QED) is 0.782. The van der Waals surface area contributed by atoms with Gasteiger partial charge in [-0.25, -0.2) is 4.39 Å². The summed E-state index contributed by atoms with van der Waals surface area (Å²) in [6, 6.07) is 11.3. The molecule has 6 heteroatoms. The van der Waals surface area contributed by atoms with Gasteiger partial charge in [0, 0.05) is 12.1 Å². The van der Waals surface area contributed by atoms with Crippen molar-refractivity contribution in [2.24, 2.45) is 0 Å². The lowest BCUT2D eigenvalue weighted by Crippen LogP contribution is -2.50. The zero-order valence-electron chi connectivity index (χ0n) is 15.5. The fourth-order valence-electron chi connectivity index (χ4n) is 4.33. The number of hydrogen-bond donors (Lipinski definition) is 1. The van der Waals surface area contributed by atoms with E-state index >= 15 is 0 Å². The molecule has 2 aromatic rings. The Balaban J connectivity index is 1.67. The van der Waals surface area contributed by atoms with Crippen molar-refractivity contribution in [2.75, 3.05) is 7.11 Å². The Morgan fingerprint density at radius 2 is 1.71 bits per heavy atom. The Bertz CT molecular complexity index is 920. The van der Waals surface area contributed by atoms with E-state index in [4.69, 9.17) is 16.3 Å². The van der Waals surface area contributed by atoms with E-state index in [1.54, 1.807) is 37.4 Å². The van der Waals surface area contributed by atoms with E-state index in [1.165, 1.54) is 12.1 Å². The number of halogens is 2. The molecule has 2 aliphatic rings. The Kier molecular flexibility index (Phi) is 4.98. The Morgan fingerprint density at radius 3 is 2.36 bits per heavy atom. The second-order valence-electron chi connectivity index (χ2n) is 7.55. The monoisotopic (exact) mass is 401 g/mol. The number of rotatable bonds is 3. The maximum Gasteiger partial charge on any atom is 0.236 e. The van der Waals surface area contributed by atoms with E-state index in [-0.39, 0.29) is 23.6 Å². The van der Waals surface area contributed by atoms with Gasteiger partial charge in [0.15, 0.2) is 5.78 Å². The summed E-state index contributed by atoms with van der Waals surface area (Å²) in [6.07, 6.45) is 2.74. The standard InChI is InChI=1S/C22H21ClFNO3/c1-28-16-8-10-22(11-9-16)20(26)19(21(27)25-22)17-12-14(4-7-18(17)23)13-2-5-15(24)6-3-13/h2-7,12,16,19H,8-11H2,1H3,(H,25,27)/t16?,19-,22?/m1/s1. The average Bonchev–Trinajstić information content (AvgIpc) is 2.93. The van der Waals surface area contributed by atoms with Gasteiger partial charge in [0.25, 0.3) is 0 Å². The third kappa shape index (κ3) is 3.23. The van der Waals surface area contributed by atoms with E-state index in [0.29, 0.717) is 23.4 Å². The van der Waals surface area contributed by atoms with Crippen LogP contribution in [0.2, 0.25) is 5.02 Å². The molecule has 0 aromatic heterocycles. The minimum Gasteiger partial charge on any atom is -0.381 e. The topological polar surface area (TPSA) is 55.4 Å². The molecule has 1 amide bonds. The fourth-order valence-corrected chi connectivity index (χ4v) is 4.55. The van der Waals surface area contributed by atoms with Gasteiger partial charge in [-0.3, -0.25) is 9.59 Å². The third-order valence-electron chi connectivity index (χ3n) is 5.96. The summed E-state index contributed by atoms with van der Waals surface area (Å²) in [6.45, 7) is 0. The first-order chi connectivity index (χ1) is 13.4. The molecule has 2 fully saturated rings. The van der Waals surface area contributed by atoms with Crippen molar-refractivity contribution < 1.29 is 18.7 Å². The van der Waals surface area contributed by atoms with Crippen molar-refractivity contribution in [3.05, 3.63) is 58.9 Å². The summed E-state index contributed by atoms with van der Waals surface area (Å²) in [5, 5.41) is 3.33. The van der Waals surface area contributed by atoms with Crippen molar-refractivity contribution in [1.82, 2.24) is 5.32 Å². The molecule has 1 heterocycles. The number of benzene rings is 2. The molecule has 1 aliphatic carbocycles. The van der Waals surface area contributed by atoms with Crippen molar-refractivity contribution in [1.29, 1.82) is 0 Å². The number of ketones is 1. The van der Waals surface area contributed by atoms with E-state index < -0.39 is 11.5 Å². The van der Waals surface area contributed by atoms with E-state index in [2.05, 4.69) is 5.32 Å². The fraction of sp³-hybridized carbons (Fsp3) is 0.364. The van der Waals surface area contributed by atoms with Crippen LogP contribution in [0, 0.1) is 5.82 Å². The van der Waals surface area contributed by atoms with Crippen LogP contribution < -0.4 is 5.32 Å². The minimum absolute atomic E-state index is 0.120. The largest absolute Gasteiger partial charge is 0.381 e. The van der Waals surface area contributed by atoms with Gasteiger partial charge < -0.3 is 10.1 Å². The molecule has 1 saturated heterocycles. The number of nitrogens with one attached hydrogen (secondary N) is 1. The van der Waals surface area contributed by atoms with Crippen molar-refractivity contribution in [3.8, 4) is 11.1 Å². The SMILES string of the molecule is COC1CCC2(CC1)NC(=O)[C@H](c1cc(-c3ccc(F)cc3)ccc1Cl)C2=O. The first kappa shape index (κ1) is 19.1. The van der Waals surface area contributed by atoms with Gasteiger partial charge in [-0.05, 0) is 66.6 Å². The highest BCUT2D eigenvalue weighted by atomic mass is 35.5. The third-order valence-corrected chi connectivity index (χ3v) is 6.31. The Morgan fingerprint density at radius 1 is 1.07 bits per heavy atom. The molecule has 1 saturated carbocycles. The Hall–Kier alpha value is -2.24. The average molecular weight is 402 g/mol. The number of ether oxygens (including phenoxy) is 1. The van der Waals surface area contributed by atoms with Crippen LogP contribution in [0.5, 0.6) is 0 Å². The van der Waals surface area contributed by atoms with E-state index in [0.717, 1.165) is 24.0 Å². The van der Waals surface area contributed by atoms with Crippen LogP contribution in [0.25, 0.3) is 11.1 Å². The van der Waals surface area contributed by atoms with Crippen LogP contribution in [-0.4, -0.2) is 30.4 Å². The zero-order chi connectivity index (χ0) is 19.9. The van der Waals surface area contributed by atoms with E-state index in [1.807, 2.05) is 0 Å². The number of hydrogen-bond acceptors (Lipinski definition) is 3. The Labute approximate surface area is 168 Å². The molecular formula is C22H21ClFNO3. The molecule has 1 aliphatic heterocycles. The summed E-state index contributed by atoms with van der Waals surface area (Å²) in [5.74, 6) is -1.67. The van der Waals surface area contributed by atoms with Crippen LogP contribution in [0.3, 0.4) is 0 Å². The first-order valence-corrected chi connectivity index (χ1v) is 9.76. The molecular weight excluding hydrogens is 381 g/mol. The summed E-state index contributed by atoms with van der Waals surface area (Å²) < 4.78 is 18.6. The van der Waals surface area contributed by atoms with Crippen LogP contribution in [-0.2, 0) is 14.3 Å². The molecule has 1 spiro atoms. The maximum atomic E-state index is 13.3. The highest BCUT2D eigenvalue weighted by Gasteiger charge is 2.54. The second-order valence-corrected chi connectivity index (χ2v) is 7.95. The molecule has 28 heavy (non-hydrogen) atoms.